The minimum atomic E-state index is -4.53. The Morgan fingerprint density at radius 1 is 1.18 bits per heavy atom. The highest BCUT2D eigenvalue weighted by Crippen LogP contribution is 2.40. The standard InChI is InChI=1S/C15H17O6P/c1-3-11-12(4-2)15(22(18,19)20)21-13(11)9-6-5-7-10(8-9)14(16)17/h5-8H,3-4H2,1-2H3,(H,16,17)(H2,18,19,20). The maximum absolute atomic E-state index is 11.6. The Bertz CT molecular complexity index is 755. The van der Waals surface area contributed by atoms with Crippen LogP contribution < -0.4 is 5.50 Å². The first kappa shape index (κ1) is 16.5. The van der Waals surface area contributed by atoms with E-state index in [2.05, 4.69) is 0 Å². The van der Waals surface area contributed by atoms with Gasteiger partial charge in [0.2, 0.25) is 5.50 Å². The zero-order valence-corrected chi connectivity index (χ0v) is 13.1. The van der Waals surface area contributed by atoms with Crippen LogP contribution >= 0.6 is 7.60 Å². The fourth-order valence-electron chi connectivity index (χ4n) is 2.49. The lowest BCUT2D eigenvalue weighted by molar-refractivity contribution is 0.0697. The molecule has 1 aromatic carbocycles. The van der Waals surface area contributed by atoms with E-state index in [0.29, 0.717) is 35.3 Å². The van der Waals surface area contributed by atoms with Gasteiger partial charge in [-0.2, -0.15) is 0 Å². The van der Waals surface area contributed by atoms with Gasteiger partial charge in [0, 0.05) is 16.7 Å². The molecule has 0 aliphatic rings. The van der Waals surface area contributed by atoms with Gasteiger partial charge in [-0.1, -0.05) is 26.0 Å². The largest absolute Gasteiger partial charge is 0.478 e. The van der Waals surface area contributed by atoms with Gasteiger partial charge in [0.25, 0.3) is 0 Å². The average molecular weight is 324 g/mol. The van der Waals surface area contributed by atoms with Crippen molar-refractivity contribution < 1.29 is 28.7 Å². The molecule has 22 heavy (non-hydrogen) atoms. The van der Waals surface area contributed by atoms with Gasteiger partial charge in [0.1, 0.15) is 5.76 Å². The number of carboxylic acid groups (broad SMARTS) is 1. The molecule has 0 bridgehead atoms. The summed E-state index contributed by atoms with van der Waals surface area (Å²) in [5.41, 5.74) is 1.44. The molecule has 7 heteroatoms. The molecule has 0 saturated heterocycles. The monoisotopic (exact) mass is 324 g/mol. The van der Waals surface area contributed by atoms with Crippen LogP contribution in [-0.4, -0.2) is 20.9 Å². The van der Waals surface area contributed by atoms with Crippen molar-refractivity contribution >= 4 is 19.1 Å². The molecule has 0 saturated carbocycles. The molecule has 2 rings (SSSR count). The third-order valence-corrected chi connectivity index (χ3v) is 4.33. The fraction of sp³-hybridized carbons (Fsp3) is 0.267. The lowest BCUT2D eigenvalue weighted by atomic mass is 10.0. The molecule has 2 aromatic rings. The minimum absolute atomic E-state index is 0.0896. The van der Waals surface area contributed by atoms with Gasteiger partial charge in [-0.3, -0.25) is 4.57 Å². The fourth-order valence-corrected chi connectivity index (χ4v) is 3.34. The van der Waals surface area contributed by atoms with E-state index in [0.717, 1.165) is 0 Å². The summed E-state index contributed by atoms with van der Waals surface area (Å²) in [4.78, 5) is 30.0. The number of rotatable bonds is 5. The van der Waals surface area contributed by atoms with Gasteiger partial charge in [-0.25, -0.2) is 4.79 Å². The number of carbonyl (C=O) groups is 1. The summed E-state index contributed by atoms with van der Waals surface area (Å²) < 4.78 is 17.1. The average Bonchev–Trinajstić information content (AvgIpc) is 2.85. The molecular formula is C15H17O6P. The Morgan fingerprint density at radius 2 is 1.82 bits per heavy atom. The summed E-state index contributed by atoms with van der Waals surface area (Å²) >= 11 is 0. The Labute approximate surface area is 127 Å². The van der Waals surface area contributed by atoms with E-state index in [-0.39, 0.29) is 11.1 Å². The summed E-state index contributed by atoms with van der Waals surface area (Å²) in [6.07, 6.45) is 0.949. The van der Waals surface area contributed by atoms with Crippen molar-refractivity contribution in [3.8, 4) is 11.3 Å². The van der Waals surface area contributed by atoms with Crippen molar-refractivity contribution in [1.29, 1.82) is 0 Å². The van der Waals surface area contributed by atoms with Crippen LogP contribution in [0.25, 0.3) is 11.3 Å². The van der Waals surface area contributed by atoms with E-state index in [1.807, 2.05) is 6.92 Å². The van der Waals surface area contributed by atoms with Crippen molar-refractivity contribution in [3.05, 3.63) is 41.0 Å². The summed E-state index contributed by atoms with van der Waals surface area (Å²) in [6, 6.07) is 6.12. The Morgan fingerprint density at radius 3 is 2.32 bits per heavy atom. The van der Waals surface area contributed by atoms with E-state index in [1.165, 1.54) is 12.1 Å². The molecule has 3 N–H and O–H groups in total. The molecule has 0 unspecified atom stereocenters. The number of aromatic carboxylic acids is 1. The quantitative estimate of drug-likeness (QED) is 0.730. The molecule has 0 spiro atoms. The topological polar surface area (TPSA) is 108 Å². The molecular weight excluding hydrogens is 307 g/mol. The zero-order chi connectivity index (χ0) is 16.5. The molecule has 0 radical (unpaired) electrons. The normalized spacial score (nSPS) is 11.6. The van der Waals surface area contributed by atoms with E-state index in [9.17, 15) is 19.1 Å². The first-order valence-corrected chi connectivity index (χ1v) is 8.45. The van der Waals surface area contributed by atoms with Crippen molar-refractivity contribution in [2.24, 2.45) is 0 Å². The van der Waals surface area contributed by atoms with Crippen LogP contribution in [0.5, 0.6) is 0 Å². The van der Waals surface area contributed by atoms with Crippen LogP contribution in [0, 0.1) is 0 Å². The van der Waals surface area contributed by atoms with Gasteiger partial charge in [-0.15, -0.1) is 0 Å². The Hall–Kier alpha value is -1.88. The lowest BCUT2D eigenvalue weighted by Gasteiger charge is -2.03. The third-order valence-electron chi connectivity index (χ3n) is 3.44. The van der Waals surface area contributed by atoms with Crippen LogP contribution in [0.15, 0.2) is 28.7 Å². The number of furan rings is 1. The highest BCUT2D eigenvalue weighted by molar-refractivity contribution is 7.59. The molecule has 1 heterocycles. The maximum atomic E-state index is 11.6. The van der Waals surface area contributed by atoms with Crippen molar-refractivity contribution in [3.63, 3.8) is 0 Å². The lowest BCUT2D eigenvalue weighted by Crippen LogP contribution is -2.07. The summed E-state index contributed by atoms with van der Waals surface area (Å²) in [5.74, 6) is -0.752. The minimum Gasteiger partial charge on any atom is -0.478 e. The van der Waals surface area contributed by atoms with E-state index in [1.54, 1.807) is 19.1 Å². The second kappa shape index (κ2) is 6.08. The Balaban J connectivity index is 2.70. The number of hydrogen-bond acceptors (Lipinski definition) is 3. The molecule has 0 fully saturated rings. The number of benzene rings is 1. The predicted octanol–water partition coefficient (Wildman–Crippen LogP) is 2.57. The van der Waals surface area contributed by atoms with E-state index < -0.39 is 13.6 Å². The second-order valence-corrected chi connectivity index (χ2v) is 6.32. The maximum Gasteiger partial charge on any atom is 0.391 e. The van der Waals surface area contributed by atoms with Crippen molar-refractivity contribution in [1.82, 2.24) is 0 Å². The zero-order valence-electron chi connectivity index (χ0n) is 12.2. The van der Waals surface area contributed by atoms with Crippen LogP contribution in [0.3, 0.4) is 0 Å². The van der Waals surface area contributed by atoms with Crippen LogP contribution in [0.4, 0.5) is 0 Å². The highest BCUT2D eigenvalue weighted by Gasteiger charge is 2.30. The molecule has 0 amide bonds. The van der Waals surface area contributed by atoms with Crippen molar-refractivity contribution in [2.75, 3.05) is 0 Å². The smallest absolute Gasteiger partial charge is 0.391 e. The van der Waals surface area contributed by atoms with Crippen molar-refractivity contribution in [2.45, 2.75) is 26.7 Å². The molecule has 1 aromatic heterocycles. The van der Waals surface area contributed by atoms with Gasteiger partial charge in [0.05, 0.1) is 5.56 Å². The van der Waals surface area contributed by atoms with E-state index >= 15 is 0 Å². The number of carboxylic acids is 1. The highest BCUT2D eigenvalue weighted by atomic mass is 31.2. The second-order valence-electron chi connectivity index (χ2n) is 4.83. The molecule has 6 nitrogen and oxygen atoms in total. The predicted molar refractivity (Wildman–Crippen MR) is 81.5 cm³/mol. The summed E-state index contributed by atoms with van der Waals surface area (Å²) in [7, 11) is -4.53. The van der Waals surface area contributed by atoms with Gasteiger partial charge in [0.15, 0.2) is 0 Å². The first-order valence-electron chi connectivity index (χ1n) is 6.83. The van der Waals surface area contributed by atoms with Crippen LogP contribution in [0.2, 0.25) is 0 Å². The Kier molecular flexibility index (Phi) is 4.56. The van der Waals surface area contributed by atoms with Crippen LogP contribution in [-0.2, 0) is 17.4 Å². The first-order chi connectivity index (χ1) is 10.3. The SMILES string of the molecule is CCc1c(-c2cccc(C(=O)O)c2)oc(P(=O)(O)O)c1CC. The molecule has 118 valence electrons. The summed E-state index contributed by atoms with van der Waals surface area (Å²) in [5, 5.41) is 9.06. The van der Waals surface area contributed by atoms with Gasteiger partial charge >= 0.3 is 13.6 Å². The summed E-state index contributed by atoms with van der Waals surface area (Å²) in [6.45, 7) is 3.65. The van der Waals surface area contributed by atoms with Crippen LogP contribution in [0.1, 0.15) is 35.3 Å². The molecule has 0 aliphatic heterocycles. The molecule has 0 aliphatic carbocycles. The number of hydrogen-bond donors (Lipinski definition) is 3. The van der Waals surface area contributed by atoms with E-state index in [4.69, 9.17) is 9.52 Å². The molecule has 0 atom stereocenters. The third kappa shape index (κ3) is 2.99. The van der Waals surface area contributed by atoms with Gasteiger partial charge in [-0.05, 0) is 25.0 Å². The van der Waals surface area contributed by atoms with Gasteiger partial charge < -0.3 is 19.3 Å².